The van der Waals surface area contributed by atoms with Gasteiger partial charge in [0.15, 0.2) is 0 Å². The van der Waals surface area contributed by atoms with Gasteiger partial charge in [-0.25, -0.2) is 0 Å². The Balaban J connectivity index is 2.27. The lowest BCUT2D eigenvalue weighted by molar-refractivity contribution is 0.308. The lowest BCUT2D eigenvalue weighted by Gasteiger charge is -2.25. The van der Waals surface area contributed by atoms with Crippen LogP contribution in [0, 0.1) is 5.41 Å². The van der Waals surface area contributed by atoms with Crippen molar-refractivity contribution in [2.45, 2.75) is 46.5 Å². The first-order valence-electron chi connectivity index (χ1n) is 7.49. The Morgan fingerprint density at radius 2 is 1.84 bits per heavy atom. The fraction of sp³-hybridized carbons (Fsp3) is 0.556. The van der Waals surface area contributed by atoms with Crippen molar-refractivity contribution >= 4 is 5.57 Å². The lowest BCUT2D eigenvalue weighted by atomic mass is 9.87. The highest BCUT2D eigenvalue weighted by molar-refractivity contribution is 5.64. The van der Waals surface area contributed by atoms with Gasteiger partial charge in [-0.1, -0.05) is 76.9 Å². The van der Waals surface area contributed by atoms with Crippen molar-refractivity contribution in [3.05, 3.63) is 42.5 Å². The van der Waals surface area contributed by atoms with Gasteiger partial charge >= 0.3 is 0 Å². The molecule has 1 rings (SSSR count). The van der Waals surface area contributed by atoms with E-state index >= 15 is 0 Å². The quantitative estimate of drug-likeness (QED) is 0.622. The highest BCUT2D eigenvalue weighted by Gasteiger charge is 2.16. The molecule has 1 heteroatoms. The Labute approximate surface area is 119 Å². The van der Waals surface area contributed by atoms with Gasteiger partial charge in [0.25, 0.3) is 0 Å². The minimum Gasteiger partial charge on any atom is -0.312 e. The van der Waals surface area contributed by atoms with Crippen LogP contribution in [0.5, 0.6) is 0 Å². The van der Waals surface area contributed by atoms with Crippen LogP contribution in [0.1, 0.15) is 52.0 Å². The largest absolute Gasteiger partial charge is 0.312 e. The van der Waals surface area contributed by atoms with Crippen LogP contribution in [0.3, 0.4) is 0 Å². The molecule has 1 nitrogen and oxygen atoms in total. The topological polar surface area (TPSA) is 12.0 Å². The van der Waals surface area contributed by atoms with E-state index in [0.29, 0.717) is 5.41 Å². The van der Waals surface area contributed by atoms with E-state index in [0.717, 1.165) is 13.1 Å². The number of benzene rings is 1. The smallest absolute Gasteiger partial charge is 0.0205 e. The minimum absolute atomic E-state index is 0.381. The Morgan fingerprint density at radius 3 is 2.47 bits per heavy atom. The van der Waals surface area contributed by atoms with Crippen molar-refractivity contribution in [3.8, 4) is 0 Å². The van der Waals surface area contributed by atoms with Crippen molar-refractivity contribution < 1.29 is 0 Å². The van der Waals surface area contributed by atoms with Crippen LogP contribution in [-0.2, 0) is 0 Å². The van der Waals surface area contributed by atoms with Gasteiger partial charge in [-0.15, -0.1) is 0 Å². The third kappa shape index (κ3) is 6.58. The maximum atomic E-state index is 4.16. The Bertz CT molecular complexity index is 365. The summed E-state index contributed by atoms with van der Waals surface area (Å²) in [6, 6.07) is 10.4. The van der Waals surface area contributed by atoms with E-state index in [1.807, 2.05) is 6.07 Å². The molecule has 0 unspecified atom stereocenters. The third-order valence-electron chi connectivity index (χ3n) is 3.58. The second kappa shape index (κ2) is 8.16. The summed E-state index contributed by atoms with van der Waals surface area (Å²) in [6.07, 6.45) is 5.28. The van der Waals surface area contributed by atoms with E-state index in [1.165, 1.54) is 36.8 Å². The molecule has 0 spiro atoms. The summed E-state index contributed by atoms with van der Waals surface area (Å²) in [5.74, 6) is 0. The molecule has 0 saturated heterocycles. The van der Waals surface area contributed by atoms with Gasteiger partial charge in [-0.05, 0) is 23.0 Å². The molecule has 1 aromatic carbocycles. The Hall–Kier alpha value is -1.08. The standard InChI is InChI=1S/C18H29N/c1-5-6-10-13-18(3,4)15-19-14-16(2)17-11-8-7-9-12-17/h7-9,11-12,19H,2,5-6,10,13-15H2,1,3-4H3. The predicted molar refractivity (Wildman–Crippen MR) is 86.3 cm³/mol. The Morgan fingerprint density at radius 1 is 1.16 bits per heavy atom. The molecule has 0 aliphatic carbocycles. The molecule has 106 valence electrons. The van der Waals surface area contributed by atoms with E-state index in [2.05, 4.69) is 56.9 Å². The molecule has 0 fully saturated rings. The number of hydrogen-bond acceptors (Lipinski definition) is 1. The fourth-order valence-electron chi connectivity index (χ4n) is 2.27. The second-order valence-electron chi connectivity index (χ2n) is 6.19. The molecule has 0 atom stereocenters. The zero-order chi connectivity index (χ0) is 14.1. The summed E-state index contributed by atoms with van der Waals surface area (Å²) in [5, 5.41) is 3.55. The summed E-state index contributed by atoms with van der Waals surface area (Å²) in [5.41, 5.74) is 2.79. The van der Waals surface area contributed by atoms with Crippen molar-refractivity contribution in [2.75, 3.05) is 13.1 Å². The summed E-state index contributed by atoms with van der Waals surface area (Å²) >= 11 is 0. The molecule has 1 aromatic rings. The molecule has 0 amide bonds. The molecular formula is C18H29N. The third-order valence-corrected chi connectivity index (χ3v) is 3.58. The number of rotatable bonds is 9. The minimum atomic E-state index is 0.381. The van der Waals surface area contributed by atoms with Crippen LogP contribution in [0.15, 0.2) is 36.9 Å². The monoisotopic (exact) mass is 259 g/mol. The number of hydrogen-bond donors (Lipinski definition) is 1. The first kappa shape index (κ1) is 16.0. The molecular weight excluding hydrogens is 230 g/mol. The normalized spacial score (nSPS) is 11.5. The maximum Gasteiger partial charge on any atom is 0.0205 e. The molecule has 1 N–H and O–H groups in total. The summed E-state index contributed by atoms with van der Waals surface area (Å²) in [6.45, 7) is 13.0. The number of nitrogens with one attached hydrogen (secondary N) is 1. The van der Waals surface area contributed by atoms with Crippen LogP contribution in [-0.4, -0.2) is 13.1 Å². The average Bonchev–Trinajstić information content (AvgIpc) is 2.39. The van der Waals surface area contributed by atoms with E-state index in [1.54, 1.807) is 0 Å². The molecule has 0 radical (unpaired) electrons. The summed E-state index contributed by atoms with van der Waals surface area (Å²) in [7, 11) is 0. The highest BCUT2D eigenvalue weighted by Crippen LogP contribution is 2.22. The molecule has 0 aliphatic heterocycles. The van der Waals surface area contributed by atoms with Gasteiger partial charge < -0.3 is 5.32 Å². The molecule has 0 heterocycles. The summed E-state index contributed by atoms with van der Waals surface area (Å²) in [4.78, 5) is 0. The predicted octanol–water partition coefficient (Wildman–Crippen LogP) is 4.90. The van der Waals surface area contributed by atoms with Gasteiger partial charge in [-0.2, -0.15) is 0 Å². The lowest BCUT2D eigenvalue weighted by Crippen LogP contribution is -2.30. The SMILES string of the molecule is C=C(CNCC(C)(C)CCCCC)c1ccccc1. The van der Waals surface area contributed by atoms with Crippen LogP contribution in [0.4, 0.5) is 0 Å². The molecule has 0 aliphatic rings. The van der Waals surface area contributed by atoms with Crippen molar-refractivity contribution in [1.29, 1.82) is 0 Å². The van der Waals surface area contributed by atoms with Crippen LogP contribution in [0.25, 0.3) is 5.57 Å². The highest BCUT2D eigenvalue weighted by atomic mass is 14.9. The average molecular weight is 259 g/mol. The van der Waals surface area contributed by atoms with Crippen molar-refractivity contribution in [3.63, 3.8) is 0 Å². The van der Waals surface area contributed by atoms with Gasteiger partial charge in [0.05, 0.1) is 0 Å². The van der Waals surface area contributed by atoms with E-state index in [4.69, 9.17) is 0 Å². The molecule has 0 saturated carbocycles. The van der Waals surface area contributed by atoms with Crippen molar-refractivity contribution in [2.24, 2.45) is 5.41 Å². The fourth-order valence-corrected chi connectivity index (χ4v) is 2.27. The second-order valence-corrected chi connectivity index (χ2v) is 6.19. The summed E-state index contributed by atoms with van der Waals surface area (Å²) < 4.78 is 0. The molecule has 19 heavy (non-hydrogen) atoms. The van der Waals surface area contributed by atoms with Crippen LogP contribution in [0.2, 0.25) is 0 Å². The zero-order valence-corrected chi connectivity index (χ0v) is 12.8. The van der Waals surface area contributed by atoms with Gasteiger partial charge in [-0.3, -0.25) is 0 Å². The molecule has 0 aromatic heterocycles. The number of unbranched alkanes of at least 4 members (excludes halogenated alkanes) is 2. The van der Waals surface area contributed by atoms with Gasteiger partial charge in [0.2, 0.25) is 0 Å². The maximum absolute atomic E-state index is 4.16. The van der Waals surface area contributed by atoms with E-state index < -0.39 is 0 Å². The van der Waals surface area contributed by atoms with Crippen molar-refractivity contribution in [1.82, 2.24) is 5.32 Å². The first-order chi connectivity index (χ1) is 9.05. The van der Waals surface area contributed by atoms with E-state index in [9.17, 15) is 0 Å². The van der Waals surface area contributed by atoms with Crippen LogP contribution >= 0.6 is 0 Å². The Kier molecular flexibility index (Phi) is 6.86. The zero-order valence-electron chi connectivity index (χ0n) is 12.8. The van der Waals surface area contributed by atoms with E-state index in [-0.39, 0.29) is 0 Å². The molecule has 0 bridgehead atoms. The van der Waals surface area contributed by atoms with Gasteiger partial charge in [0.1, 0.15) is 0 Å². The first-order valence-corrected chi connectivity index (χ1v) is 7.49. The van der Waals surface area contributed by atoms with Crippen LogP contribution < -0.4 is 5.32 Å². The van der Waals surface area contributed by atoms with Gasteiger partial charge in [0, 0.05) is 13.1 Å².